The minimum absolute atomic E-state index is 0.0393. The number of ether oxygens (including phenoxy) is 2. The molecule has 0 saturated heterocycles. The van der Waals surface area contributed by atoms with Crippen molar-refractivity contribution in [3.8, 4) is 22.8 Å². The lowest BCUT2D eigenvalue weighted by molar-refractivity contribution is -0.117. The Balaban J connectivity index is 1.34. The smallest absolute Gasteiger partial charge is 0.287 e. The molecule has 0 unspecified atom stereocenters. The first-order valence-electron chi connectivity index (χ1n) is 11.4. The van der Waals surface area contributed by atoms with Crippen molar-refractivity contribution in [2.45, 2.75) is 0 Å². The van der Waals surface area contributed by atoms with Gasteiger partial charge >= 0.3 is 0 Å². The van der Waals surface area contributed by atoms with E-state index in [0.29, 0.717) is 54.8 Å². The number of furan rings is 1. The van der Waals surface area contributed by atoms with Crippen LogP contribution in [0.4, 0.5) is 0 Å². The van der Waals surface area contributed by atoms with Crippen LogP contribution in [0.3, 0.4) is 0 Å². The molecule has 2 amide bonds. The van der Waals surface area contributed by atoms with E-state index >= 15 is 0 Å². The Labute approximate surface area is 237 Å². The molecule has 2 heterocycles. The standard InChI is InChI=1S/C28H18Cl3N3O5/c29-20-13-22(31)21(30)12-19(20)24-9-7-18(39-24)14-32-34-28(36)23(33-27(35)17-4-2-1-3-5-17)10-16-6-8-25-26(11-16)38-15-37-25/h1-14H,15H2,(H,33,35)(H,34,36)/b23-10+,32-14-. The van der Waals surface area contributed by atoms with E-state index in [0.717, 1.165) is 0 Å². The first-order valence-corrected chi connectivity index (χ1v) is 12.6. The Morgan fingerprint density at radius 2 is 1.62 bits per heavy atom. The zero-order chi connectivity index (χ0) is 27.4. The molecule has 3 aromatic carbocycles. The molecule has 5 rings (SSSR count). The van der Waals surface area contributed by atoms with E-state index in [2.05, 4.69) is 15.8 Å². The zero-order valence-corrected chi connectivity index (χ0v) is 22.2. The predicted molar refractivity (Wildman–Crippen MR) is 149 cm³/mol. The molecular formula is C28H18Cl3N3O5. The summed E-state index contributed by atoms with van der Waals surface area (Å²) in [5.41, 5.74) is 3.90. The topological polar surface area (TPSA) is 102 Å². The second-order valence-corrected chi connectivity index (χ2v) is 9.36. The average molecular weight is 583 g/mol. The number of nitrogens with one attached hydrogen (secondary N) is 2. The molecule has 0 radical (unpaired) electrons. The van der Waals surface area contributed by atoms with Crippen LogP contribution in [0, 0.1) is 0 Å². The third-order valence-electron chi connectivity index (χ3n) is 5.50. The summed E-state index contributed by atoms with van der Waals surface area (Å²) in [6, 6.07) is 20.1. The summed E-state index contributed by atoms with van der Waals surface area (Å²) < 4.78 is 16.5. The van der Waals surface area contributed by atoms with Crippen molar-refractivity contribution >= 4 is 58.9 Å². The highest BCUT2D eigenvalue weighted by Crippen LogP contribution is 2.36. The summed E-state index contributed by atoms with van der Waals surface area (Å²) in [6.07, 6.45) is 2.81. The number of hydrogen-bond acceptors (Lipinski definition) is 6. The van der Waals surface area contributed by atoms with Gasteiger partial charge in [0.15, 0.2) is 11.5 Å². The molecule has 196 valence electrons. The highest BCUT2D eigenvalue weighted by Gasteiger charge is 2.17. The summed E-state index contributed by atoms with van der Waals surface area (Å²) in [4.78, 5) is 25.8. The predicted octanol–water partition coefficient (Wildman–Crippen LogP) is 6.56. The van der Waals surface area contributed by atoms with Gasteiger partial charge in [-0.25, -0.2) is 5.43 Å². The molecule has 0 bridgehead atoms. The molecule has 0 saturated carbocycles. The van der Waals surface area contributed by atoms with Crippen LogP contribution in [0.1, 0.15) is 21.7 Å². The first kappa shape index (κ1) is 26.4. The summed E-state index contributed by atoms with van der Waals surface area (Å²) >= 11 is 18.4. The van der Waals surface area contributed by atoms with Gasteiger partial charge < -0.3 is 19.2 Å². The molecule has 1 aliphatic rings. The van der Waals surface area contributed by atoms with Gasteiger partial charge in [0.1, 0.15) is 17.2 Å². The lowest BCUT2D eigenvalue weighted by Gasteiger charge is -2.09. The van der Waals surface area contributed by atoms with Crippen LogP contribution in [0.5, 0.6) is 11.5 Å². The molecule has 11 heteroatoms. The summed E-state index contributed by atoms with van der Waals surface area (Å²) in [5.74, 6) is 0.776. The van der Waals surface area contributed by atoms with Crippen LogP contribution >= 0.6 is 34.8 Å². The molecule has 0 spiro atoms. The highest BCUT2D eigenvalue weighted by molar-refractivity contribution is 6.44. The van der Waals surface area contributed by atoms with Gasteiger partial charge in [-0.1, -0.05) is 59.1 Å². The molecule has 8 nitrogen and oxygen atoms in total. The average Bonchev–Trinajstić information content (AvgIpc) is 3.60. The Bertz CT molecular complexity index is 1620. The van der Waals surface area contributed by atoms with E-state index in [-0.39, 0.29) is 12.5 Å². The van der Waals surface area contributed by atoms with Gasteiger partial charge in [0.2, 0.25) is 6.79 Å². The number of carbonyl (C=O) groups excluding carboxylic acids is 2. The molecule has 1 aliphatic heterocycles. The second kappa shape index (κ2) is 11.7. The van der Waals surface area contributed by atoms with E-state index in [1.807, 2.05) is 0 Å². The van der Waals surface area contributed by atoms with Crippen molar-refractivity contribution in [2.75, 3.05) is 6.79 Å². The fourth-order valence-corrected chi connectivity index (χ4v) is 4.25. The molecule has 0 aliphatic carbocycles. The zero-order valence-electron chi connectivity index (χ0n) is 19.9. The van der Waals surface area contributed by atoms with Crippen molar-refractivity contribution in [3.63, 3.8) is 0 Å². The van der Waals surface area contributed by atoms with E-state index in [1.54, 1.807) is 66.7 Å². The second-order valence-electron chi connectivity index (χ2n) is 8.14. The summed E-state index contributed by atoms with van der Waals surface area (Å²) in [7, 11) is 0. The van der Waals surface area contributed by atoms with E-state index in [4.69, 9.17) is 48.7 Å². The quantitative estimate of drug-likeness (QED) is 0.111. The van der Waals surface area contributed by atoms with Crippen LogP contribution in [0.15, 0.2) is 88.0 Å². The van der Waals surface area contributed by atoms with Gasteiger partial charge in [-0.15, -0.1) is 0 Å². The maximum Gasteiger partial charge on any atom is 0.287 e. The van der Waals surface area contributed by atoms with Crippen LogP contribution in [-0.2, 0) is 4.79 Å². The number of rotatable bonds is 7. The fourth-order valence-electron chi connectivity index (χ4n) is 3.61. The molecule has 2 N–H and O–H groups in total. The molecular weight excluding hydrogens is 565 g/mol. The molecule has 0 fully saturated rings. The number of benzene rings is 3. The van der Waals surface area contributed by atoms with Crippen LogP contribution < -0.4 is 20.2 Å². The Morgan fingerprint density at radius 1 is 0.846 bits per heavy atom. The van der Waals surface area contributed by atoms with Gasteiger partial charge in [0.05, 0.1) is 21.3 Å². The Morgan fingerprint density at radius 3 is 2.44 bits per heavy atom. The van der Waals surface area contributed by atoms with E-state index in [1.165, 1.54) is 18.4 Å². The van der Waals surface area contributed by atoms with Crippen molar-refractivity contribution in [2.24, 2.45) is 5.10 Å². The lowest BCUT2D eigenvalue weighted by atomic mass is 10.1. The Kier molecular flexibility index (Phi) is 7.88. The first-order chi connectivity index (χ1) is 18.9. The third-order valence-corrected chi connectivity index (χ3v) is 6.53. The van der Waals surface area contributed by atoms with Gasteiger partial charge in [0, 0.05) is 11.1 Å². The van der Waals surface area contributed by atoms with Crippen LogP contribution in [-0.4, -0.2) is 24.8 Å². The summed E-state index contributed by atoms with van der Waals surface area (Å²) in [6.45, 7) is 0.112. The normalized spacial score (nSPS) is 12.5. The largest absolute Gasteiger partial charge is 0.455 e. The molecule has 1 aromatic heterocycles. The summed E-state index contributed by atoms with van der Waals surface area (Å²) in [5, 5.41) is 7.63. The lowest BCUT2D eigenvalue weighted by Crippen LogP contribution is -2.32. The van der Waals surface area contributed by atoms with Crippen molar-refractivity contribution in [1.82, 2.24) is 10.7 Å². The van der Waals surface area contributed by atoms with Gasteiger partial charge in [-0.05, 0) is 60.2 Å². The maximum atomic E-state index is 13.0. The monoisotopic (exact) mass is 581 g/mol. The maximum absolute atomic E-state index is 13.0. The highest BCUT2D eigenvalue weighted by atomic mass is 35.5. The third kappa shape index (κ3) is 6.26. The van der Waals surface area contributed by atoms with Gasteiger partial charge in [-0.3, -0.25) is 9.59 Å². The number of carbonyl (C=O) groups is 2. The number of halogens is 3. The fraction of sp³-hybridized carbons (Fsp3) is 0.0357. The van der Waals surface area contributed by atoms with Gasteiger partial charge in [0.25, 0.3) is 11.8 Å². The van der Waals surface area contributed by atoms with E-state index < -0.39 is 11.8 Å². The number of nitrogens with zero attached hydrogens (tertiary/aromatic N) is 1. The molecule has 4 aromatic rings. The van der Waals surface area contributed by atoms with Gasteiger partial charge in [-0.2, -0.15) is 5.10 Å². The van der Waals surface area contributed by atoms with Crippen molar-refractivity contribution in [3.05, 3.63) is 110 Å². The number of hydrogen-bond donors (Lipinski definition) is 2. The SMILES string of the molecule is O=C(N/N=C\c1ccc(-c2cc(Cl)c(Cl)cc2Cl)o1)/C(=C\c1ccc2c(c1)OCO2)NC(=O)c1ccccc1. The van der Waals surface area contributed by atoms with Crippen molar-refractivity contribution in [1.29, 1.82) is 0 Å². The Hall–Kier alpha value is -4.24. The van der Waals surface area contributed by atoms with Crippen LogP contribution in [0.25, 0.3) is 17.4 Å². The minimum Gasteiger partial charge on any atom is -0.455 e. The number of amides is 2. The number of hydrazone groups is 1. The minimum atomic E-state index is -0.660. The number of fused-ring (bicyclic) bond motifs is 1. The van der Waals surface area contributed by atoms with Crippen molar-refractivity contribution < 1.29 is 23.5 Å². The molecule has 0 atom stereocenters. The molecule has 39 heavy (non-hydrogen) atoms. The van der Waals surface area contributed by atoms with Crippen LogP contribution in [0.2, 0.25) is 15.1 Å². The van der Waals surface area contributed by atoms with E-state index in [9.17, 15) is 9.59 Å².